The molecule has 0 bridgehead atoms. The van der Waals surface area contributed by atoms with Crippen LogP contribution in [0.1, 0.15) is 6.42 Å². The molecule has 1 aliphatic heterocycles. The van der Waals surface area contributed by atoms with Gasteiger partial charge in [0.05, 0.1) is 19.3 Å². The Labute approximate surface area is 135 Å². The van der Waals surface area contributed by atoms with Crippen LogP contribution in [-0.2, 0) is 19.1 Å². The summed E-state index contributed by atoms with van der Waals surface area (Å²) in [6, 6.07) is 0. The average Bonchev–Trinajstić information content (AvgIpc) is 2.73. The fraction of sp³-hybridized carbons (Fsp3) is 0.615. The molecule has 0 aromatic rings. The van der Waals surface area contributed by atoms with Gasteiger partial charge in [-0.25, -0.2) is 0 Å². The molecule has 2 N–H and O–H groups in total. The normalized spacial score (nSPS) is 22.1. The van der Waals surface area contributed by atoms with Gasteiger partial charge >= 0.3 is 12.1 Å². The Balaban J connectivity index is 2.86. The Bertz CT molecular complexity index is 498. The third-order valence-electron chi connectivity index (χ3n) is 3.30. The number of alkyl halides is 3. The van der Waals surface area contributed by atoms with Crippen LogP contribution in [0.25, 0.3) is 0 Å². The number of carbonyl (C=O) groups excluding carboxylic acids is 3. The summed E-state index contributed by atoms with van der Waals surface area (Å²) in [6.45, 7) is -1.04. The maximum atomic E-state index is 12.6. The number of amides is 3. The molecule has 1 aliphatic rings. The number of nitrogens with one attached hydrogen (secondary N) is 1. The molecular weight excluding hydrogens is 335 g/mol. The van der Waals surface area contributed by atoms with E-state index in [-0.39, 0.29) is 19.4 Å². The van der Waals surface area contributed by atoms with E-state index in [1.807, 2.05) is 5.32 Å². The van der Waals surface area contributed by atoms with E-state index in [2.05, 4.69) is 0 Å². The fourth-order valence-corrected chi connectivity index (χ4v) is 2.02. The van der Waals surface area contributed by atoms with Crippen LogP contribution in [0.3, 0.4) is 0 Å². The van der Waals surface area contributed by atoms with Crippen molar-refractivity contribution in [1.82, 2.24) is 15.1 Å². The SMILES string of the molecule is CN(/C=C\C(=O)NC=O)C1CN(C(=O)C(F)(F)F)CCC(CO)O1. The summed E-state index contributed by atoms with van der Waals surface area (Å²) >= 11 is 0. The third-order valence-corrected chi connectivity index (χ3v) is 3.30. The van der Waals surface area contributed by atoms with Crippen molar-refractivity contribution in [3.8, 4) is 0 Å². The molecule has 1 rings (SSSR count). The number of likely N-dealkylation sites (N-methyl/N-ethyl adjacent to an activating group) is 1. The monoisotopic (exact) mass is 353 g/mol. The lowest BCUT2D eigenvalue weighted by Crippen LogP contribution is -2.47. The fourth-order valence-electron chi connectivity index (χ4n) is 2.02. The first-order valence-corrected chi connectivity index (χ1v) is 6.95. The van der Waals surface area contributed by atoms with Gasteiger partial charge in [-0.15, -0.1) is 0 Å². The average molecular weight is 353 g/mol. The minimum Gasteiger partial charge on any atom is -0.394 e. The summed E-state index contributed by atoms with van der Waals surface area (Å²) in [7, 11) is 1.42. The molecule has 0 aliphatic carbocycles. The van der Waals surface area contributed by atoms with Gasteiger partial charge in [0.25, 0.3) is 5.91 Å². The van der Waals surface area contributed by atoms with E-state index in [0.717, 1.165) is 6.08 Å². The second kappa shape index (κ2) is 8.64. The molecule has 1 saturated heterocycles. The third kappa shape index (κ3) is 5.81. The van der Waals surface area contributed by atoms with E-state index in [1.165, 1.54) is 18.1 Å². The largest absolute Gasteiger partial charge is 0.471 e. The molecule has 0 saturated carbocycles. The first-order valence-electron chi connectivity index (χ1n) is 6.95. The van der Waals surface area contributed by atoms with Crippen molar-refractivity contribution in [1.29, 1.82) is 0 Å². The van der Waals surface area contributed by atoms with Crippen molar-refractivity contribution in [2.24, 2.45) is 0 Å². The smallest absolute Gasteiger partial charge is 0.394 e. The van der Waals surface area contributed by atoms with E-state index in [1.54, 1.807) is 0 Å². The standard InChI is InChI=1S/C13H18F3N3O5/c1-18(4-3-10(22)17-8-21)11-6-19(12(23)13(14,15)16)5-2-9(7-20)24-11/h3-4,8-9,11,20H,2,5-7H2,1H3,(H,17,21,22)/b4-3-. The van der Waals surface area contributed by atoms with Gasteiger partial charge in [-0.05, 0) is 6.42 Å². The highest BCUT2D eigenvalue weighted by Crippen LogP contribution is 2.22. The summed E-state index contributed by atoms with van der Waals surface area (Å²) in [5.74, 6) is -2.72. The highest BCUT2D eigenvalue weighted by Gasteiger charge is 2.44. The molecule has 1 fully saturated rings. The number of carbonyl (C=O) groups is 3. The second-order valence-electron chi connectivity index (χ2n) is 5.04. The lowest BCUT2D eigenvalue weighted by Gasteiger charge is -2.30. The van der Waals surface area contributed by atoms with Gasteiger partial charge in [0.2, 0.25) is 6.41 Å². The number of nitrogens with zero attached hydrogens (tertiary/aromatic N) is 2. The number of halogens is 3. The Kier molecular flexibility index (Phi) is 7.17. The molecule has 11 heteroatoms. The number of aliphatic hydroxyl groups excluding tert-OH is 1. The minimum absolute atomic E-state index is 0.0397. The van der Waals surface area contributed by atoms with E-state index in [4.69, 9.17) is 4.74 Å². The van der Waals surface area contributed by atoms with E-state index in [9.17, 15) is 32.7 Å². The molecule has 0 radical (unpaired) electrons. The maximum absolute atomic E-state index is 12.6. The van der Waals surface area contributed by atoms with Crippen molar-refractivity contribution in [3.63, 3.8) is 0 Å². The molecule has 1 heterocycles. The quantitative estimate of drug-likeness (QED) is 0.496. The van der Waals surface area contributed by atoms with E-state index >= 15 is 0 Å². The zero-order valence-electron chi connectivity index (χ0n) is 12.8. The Hall–Kier alpha value is -2.14. The molecule has 0 aromatic carbocycles. The summed E-state index contributed by atoms with van der Waals surface area (Å²) < 4.78 is 43.3. The predicted octanol–water partition coefficient (Wildman–Crippen LogP) is -0.797. The van der Waals surface area contributed by atoms with Crippen LogP contribution in [0.2, 0.25) is 0 Å². The predicted molar refractivity (Wildman–Crippen MR) is 74.1 cm³/mol. The highest BCUT2D eigenvalue weighted by atomic mass is 19.4. The number of aliphatic hydroxyl groups is 1. The lowest BCUT2D eigenvalue weighted by molar-refractivity contribution is -0.187. The van der Waals surface area contributed by atoms with Crippen molar-refractivity contribution in [2.75, 3.05) is 26.7 Å². The number of imide groups is 1. The van der Waals surface area contributed by atoms with Gasteiger partial charge in [0.1, 0.15) is 6.23 Å². The summed E-state index contributed by atoms with van der Waals surface area (Å²) in [4.78, 5) is 34.6. The molecule has 3 amide bonds. The van der Waals surface area contributed by atoms with Crippen molar-refractivity contribution >= 4 is 18.2 Å². The second-order valence-corrected chi connectivity index (χ2v) is 5.04. The van der Waals surface area contributed by atoms with Gasteiger partial charge in [0.15, 0.2) is 0 Å². The van der Waals surface area contributed by atoms with E-state index < -0.39 is 43.5 Å². The zero-order valence-corrected chi connectivity index (χ0v) is 12.8. The molecule has 2 unspecified atom stereocenters. The molecule has 0 aromatic heterocycles. The van der Waals surface area contributed by atoms with Crippen LogP contribution in [-0.4, -0.2) is 78.4 Å². The minimum atomic E-state index is -5.01. The summed E-state index contributed by atoms with van der Waals surface area (Å²) in [6.07, 6.45) is -4.37. The zero-order chi connectivity index (χ0) is 18.3. The lowest BCUT2D eigenvalue weighted by atomic mass is 10.2. The van der Waals surface area contributed by atoms with Crippen LogP contribution < -0.4 is 5.32 Å². The van der Waals surface area contributed by atoms with Crippen molar-refractivity contribution in [3.05, 3.63) is 12.3 Å². The number of hydrogen-bond acceptors (Lipinski definition) is 6. The molecular formula is C13H18F3N3O5. The number of rotatable bonds is 5. The van der Waals surface area contributed by atoms with Crippen LogP contribution in [0.4, 0.5) is 13.2 Å². The first-order chi connectivity index (χ1) is 11.2. The number of hydrogen-bond donors (Lipinski definition) is 2. The van der Waals surface area contributed by atoms with Gasteiger partial charge < -0.3 is 19.6 Å². The van der Waals surface area contributed by atoms with Gasteiger partial charge in [-0.2, -0.15) is 13.2 Å². The van der Waals surface area contributed by atoms with E-state index in [0.29, 0.717) is 4.90 Å². The summed E-state index contributed by atoms with van der Waals surface area (Å²) in [5, 5.41) is 11.1. The first kappa shape index (κ1) is 19.9. The van der Waals surface area contributed by atoms with Crippen molar-refractivity contribution < 1.29 is 37.4 Å². The molecule has 8 nitrogen and oxygen atoms in total. The Morgan fingerprint density at radius 3 is 2.67 bits per heavy atom. The van der Waals surface area contributed by atoms with Gasteiger partial charge in [0, 0.05) is 25.9 Å². The molecule has 2 atom stereocenters. The Morgan fingerprint density at radius 1 is 1.46 bits per heavy atom. The Morgan fingerprint density at radius 2 is 2.12 bits per heavy atom. The highest BCUT2D eigenvalue weighted by molar-refractivity contribution is 5.94. The molecule has 136 valence electrons. The van der Waals surface area contributed by atoms with Crippen LogP contribution in [0.15, 0.2) is 12.3 Å². The maximum Gasteiger partial charge on any atom is 0.471 e. The topological polar surface area (TPSA) is 99.2 Å². The van der Waals surface area contributed by atoms with Crippen molar-refractivity contribution in [2.45, 2.75) is 24.9 Å². The van der Waals surface area contributed by atoms with Gasteiger partial charge in [-0.3, -0.25) is 19.7 Å². The molecule has 0 spiro atoms. The number of ether oxygens (including phenoxy) is 1. The van der Waals surface area contributed by atoms with Crippen LogP contribution >= 0.6 is 0 Å². The van der Waals surface area contributed by atoms with Gasteiger partial charge in [-0.1, -0.05) is 0 Å². The molecule has 24 heavy (non-hydrogen) atoms. The van der Waals surface area contributed by atoms with Crippen LogP contribution in [0.5, 0.6) is 0 Å². The van der Waals surface area contributed by atoms with Crippen LogP contribution in [0, 0.1) is 0 Å². The summed E-state index contributed by atoms with van der Waals surface area (Å²) in [5.41, 5.74) is 0.